The molecule has 0 aliphatic carbocycles. The summed E-state index contributed by atoms with van der Waals surface area (Å²) in [7, 11) is -3.29. The van der Waals surface area contributed by atoms with Gasteiger partial charge in [0.1, 0.15) is 0 Å². The monoisotopic (exact) mass is 372 g/mol. The van der Waals surface area contributed by atoms with Crippen LogP contribution in [0.4, 0.5) is 0 Å². The normalized spacial score (nSPS) is 15.5. The lowest BCUT2D eigenvalue weighted by molar-refractivity contribution is 0.0956. The average Bonchev–Trinajstić information content (AvgIpc) is 2.69. The van der Waals surface area contributed by atoms with Crippen LogP contribution >= 0.6 is 0 Å². The first-order chi connectivity index (χ1) is 12.6. The Morgan fingerprint density at radius 2 is 1.50 bits per heavy atom. The van der Waals surface area contributed by atoms with E-state index >= 15 is 0 Å². The van der Waals surface area contributed by atoms with E-state index in [-0.39, 0.29) is 18.2 Å². The van der Waals surface area contributed by atoms with Crippen molar-refractivity contribution in [2.24, 2.45) is 0 Å². The molecule has 1 amide bonds. The van der Waals surface area contributed by atoms with E-state index in [2.05, 4.69) is 5.32 Å². The molecule has 0 unspecified atom stereocenters. The molecular formula is C20H24N2O3S. The Labute approximate surface area is 155 Å². The Morgan fingerprint density at radius 1 is 0.885 bits per heavy atom. The van der Waals surface area contributed by atoms with Crippen LogP contribution in [0, 0.1) is 0 Å². The molecule has 2 aromatic carbocycles. The molecule has 1 aliphatic heterocycles. The molecule has 3 rings (SSSR count). The number of carbonyl (C=O) groups excluding carboxylic acids is 1. The standard InChI is InChI=1S/C20H24N2O3S/c23-20(21-13-16-26(24,25)22-14-5-2-6-15-22)19-11-9-18(10-12-19)17-7-3-1-4-8-17/h1,3-4,7-12H,2,5-6,13-16H2,(H,21,23). The van der Waals surface area contributed by atoms with Gasteiger partial charge in [-0.1, -0.05) is 48.9 Å². The van der Waals surface area contributed by atoms with E-state index in [4.69, 9.17) is 0 Å². The molecule has 6 heteroatoms. The number of hydrogen-bond donors (Lipinski definition) is 1. The quantitative estimate of drug-likeness (QED) is 0.848. The van der Waals surface area contributed by atoms with Gasteiger partial charge in [0.2, 0.25) is 10.0 Å². The van der Waals surface area contributed by atoms with Gasteiger partial charge < -0.3 is 5.32 Å². The Morgan fingerprint density at radius 3 is 2.15 bits per heavy atom. The second-order valence-corrected chi connectivity index (χ2v) is 8.56. The predicted molar refractivity (Wildman–Crippen MR) is 103 cm³/mol. The van der Waals surface area contributed by atoms with Crippen molar-refractivity contribution in [3.05, 3.63) is 60.2 Å². The summed E-state index contributed by atoms with van der Waals surface area (Å²) in [5, 5.41) is 2.71. The summed E-state index contributed by atoms with van der Waals surface area (Å²) >= 11 is 0. The molecule has 0 radical (unpaired) electrons. The molecule has 2 aromatic rings. The summed E-state index contributed by atoms with van der Waals surface area (Å²) in [6.07, 6.45) is 2.92. The van der Waals surface area contributed by atoms with Crippen LogP contribution in [-0.4, -0.2) is 44.0 Å². The maximum atomic E-state index is 12.3. The van der Waals surface area contributed by atoms with Crippen molar-refractivity contribution in [3.63, 3.8) is 0 Å². The van der Waals surface area contributed by atoms with Crippen LogP contribution in [0.1, 0.15) is 29.6 Å². The minimum atomic E-state index is -3.29. The van der Waals surface area contributed by atoms with Gasteiger partial charge in [-0.15, -0.1) is 0 Å². The zero-order valence-corrected chi connectivity index (χ0v) is 15.5. The summed E-state index contributed by atoms with van der Waals surface area (Å²) in [5.41, 5.74) is 2.65. The molecule has 5 nitrogen and oxygen atoms in total. The fourth-order valence-corrected chi connectivity index (χ4v) is 4.55. The molecule has 0 saturated carbocycles. The van der Waals surface area contributed by atoms with Crippen molar-refractivity contribution >= 4 is 15.9 Å². The number of sulfonamides is 1. The lowest BCUT2D eigenvalue weighted by atomic mass is 10.0. The molecule has 26 heavy (non-hydrogen) atoms. The first-order valence-electron chi connectivity index (χ1n) is 8.98. The molecule has 0 spiro atoms. The van der Waals surface area contributed by atoms with E-state index in [1.807, 2.05) is 42.5 Å². The van der Waals surface area contributed by atoms with Gasteiger partial charge in [0, 0.05) is 25.2 Å². The first-order valence-corrected chi connectivity index (χ1v) is 10.6. The minimum absolute atomic E-state index is 0.0547. The Bertz CT molecular complexity index is 827. The third-order valence-corrected chi connectivity index (χ3v) is 6.48. The van der Waals surface area contributed by atoms with Crippen LogP contribution in [0.5, 0.6) is 0 Å². The van der Waals surface area contributed by atoms with Gasteiger partial charge in [-0.3, -0.25) is 4.79 Å². The largest absolute Gasteiger partial charge is 0.351 e. The van der Waals surface area contributed by atoms with Crippen LogP contribution in [0.2, 0.25) is 0 Å². The Kier molecular flexibility index (Phi) is 6.06. The van der Waals surface area contributed by atoms with Crippen molar-refractivity contribution in [2.45, 2.75) is 19.3 Å². The van der Waals surface area contributed by atoms with Crippen molar-refractivity contribution < 1.29 is 13.2 Å². The van der Waals surface area contributed by atoms with E-state index in [9.17, 15) is 13.2 Å². The van der Waals surface area contributed by atoms with Crippen molar-refractivity contribution in [3.8, 4) is 11.1 Å². The van der Waals surface area contributed by atoms with Gasteiger partial charge in [0.05, 0.1) is 5.75 Å². The zero-order valence-electron chi connectivity index (χ0n) is 14.7. The number of piperidine rings is 1. The van der Waals surface area contributed by atoms with Crippen LogP contribution < -0.4 is 5.32 Å². The summed E-state index contributed by atoms with van der Waals surface area (Å²) in [6, 6.07) is 17.2. The number of hydrogen-bond acceptors (Lipinski definition) is 3. The number of benzene rings is 2. The fraction of sp³-hybridized carbons (Fsp3) is 0.350. The summed E-state index contributed by atoms with van der Waals surface area (Å²) < 4.78 is 26.1. The van der Waals surface area contributed by atoms with Crippen LogP contribution in [0.3, 0.4) is 0 Å². The van der Waals surface area contributed by atoms with E-state index in [1.165, 1.54) is 4.31 Å². The van der Waals surface area contributed by atoms with Crippen molar-refractivity contribution in [1.82, 2.24) is 9.62 Å². The highest BCUT2D eigenvalue weighted by Gasteiger charge is 2.23. The van der Waals surface area contributed by atoms with Gasteiger partial charge in [-0.05, 0) is 36.1 Å². The van der Waals surface area contributed by atoms with Gasteiger partial charge in [-0.2, -0.15) is 0 Å². The van der Waals surface area contributed by atoms with Crippen molar-refractivity contribution in [2.75, 3.05) is 25.4 Å². The average molecular weight is 372 g/mol. The lowest BCUT2D eigenvalue weighted by Crippen LogP contribution is -2.40. The number of rotatable bonds is 6. The molecule has 0 atom stereocenters. The van der Waals surface area contributed by atoms with E-state index in [0.717, 1.165) is 30.4 Å². The molecule has 1 fully saturated rings. The van der Waals surface area contributed by atoms with Crippen LogP contribution in [-0.2, 0) is 10.0 Å². The highest BCUT2D eigenvalue weighted by molar-refractivity contribution is 7.89. The highest BCUT2D eigenvalue weighted by Crippen LogP contribution is 2.19. The van der Waals surface area contributed by atoms with Crippen molar-refractivity contribution in [1.29, 1.82) is 0 Å². The number of nitrogens with zero attached hydrogens (tertiary/aromatic N) is 1. The zero-order chi connectivity index (χ0) is 18.4. The number of carbonyl (C=O) groups is 1. The van der Waals surface area contributed by atoms with Crippen LogP contribution in [0.15, 0.2) is 54.6 Å². The Balaban J connectivity index is 1.53. The molecule has 0 aromatic heterocycles. The van der Waals surface area contributed by atoms with Gasteiger partial charge in [-0.25, -0.2) is 12.7 Å². The van der Waals surface area contributed by atoms with Gasteiger partial charge in [0.15, 0.2) is 0 Å². The minimum Gasteiger partial charge on any atom is -0.351 e. The highest BCUT2D eigenvalue weighted by atomic mass is 32.2. The molecular weight excluding hydrogens is 348 g/mol. The molecule has 1 N–H and O–H groups in total. The van der Waals surface area contributed by atoms with E-state index in [0.29, 0.717) is 18.7 Å². The molecule has 138 valence electrons. The summed E-state index contributed by atoms with van der Waals surface area (Å²) in [5.74, 6) is -0.306. The second kappa shape index (κ2) is 8.47. The smallest absolute Gasteiger partial charge is 0.251 e. The summed E-state index contributed by atoms with van der Waals surface area (Å²) in [6.45, 7) is 1.31. The first kappa shape index (κ1) is 18.6. The predicted octanol–water partition coefficient (Wildman–Crippen LogP) is 2.90. The maximum Gasteiger partial charge on any atom is 0.251 e. The topological polar surface area (TPSA) is 66.5 Å². The third kappa shape index (κ3) is 4.71. The van der Waals surface area contributed by atoms with E-state index in [1.54, 1.807) is 12.1 Å². The van der Waals surface area contributed by atoms with Gasteiger partial charge in [0.25, 0.3) is 5.91 Å². The lowest BCUT2D eigenvalue weighted by Gasteiger charge is -2.25. The summed E-state index contributed by atoms with van der Waals surface area (Å²) in [4.78, 5) is 12.2. The third-order valence-electron chi connectivity index (χ3n) is 4.61. The maximum absolute atomic E-state index is 12.3. The molecule has 1 saturated heterocycles. The van der Waals surface area contributed by atoms with Crippen LogP contribution in [0.25, 0.3) is 11.1 Å². The number of nitrogens with one attached hydrogen (secondary N) is 1. The molecule has 1 heterocycles. The fourth-order valence-electron chi connectivity index (χ4n) is 3.11. The van der Waals surface area contributed by atoms with Gasteiger partial charge >= 0.3 is 0 Å². The molecule has 0 bridgehead atoms. The second-order valence-electron chi connectivity index (χ2n) is 6.47. The molecule has 1 aliphatic rings. The number of amides is 1. The van der Waals surface area contributed by atoms with E-state index < -0.39 is 10.0 Å². The Hall–Kier alpha value is -2.18. The SMILES string of the molecule is O=C(NCCS(=O)(=O)N1CCCCC1)c1ccc(-c2ccccc2)cc1.